The minimum atomic E-state index is 0.0332. The van der Waals surface area contributed by atoms with Gasteiger partial charge < -0.3 is 9.88 Å². The fraction of sp³-hybridized carbons (Fsp3) is 0.333. The summed E-state index contributed by atoms with van der Waals surface area (Å²) in [5, 5.41) is 0.835. The Hall–Kier alpha value is -1.50. The highest BCUT2D eigenvalue weighted by Gasteiger charge is 2.21. The lowest BCUT2D eigenvalue weighted by Gasteiger charge is -2.13. The fourth-order valence-corrected chi connectivity index (χ4v) is 4.97. The quantitative estimate of drug-likeness (QED) is 0.701. The summed E-state index contributed by atoms with van der Waals surface area (Å²) in [7, 11) is 2.13. The first-order valence-electron chi connectivity index (χ1n) is 8.19. The Labute approximate surface area is 152 Å². The molecule has 1 aliphatic rings. The molecule has 4 rings (SSSR count). The molecule has 124 valence electrons. The molecular weight excluding hydrogens is 386 g/mol. The Balaban J connectivity index is 1.56. The number of quaternary nitrogens is 1. The van der Waals surface area contributed by atoms with Crippen molar-refractivity contribution in [3.63, 3.8) is 0 Å². The molecule has 4 nitrogen and oxygen atoms in total. The van der Waals surface area contributed by atoms with E-state index >= 15 is 0 Å². The highest BCUT2D eigenvalue weighted by atomic mass is 79.9. The Morgan fingerprint density at radius 1 is 1.25 bits per heavy atom. The second kappa shape index (κ2) is 6.43. The number of nitrogens with zero attached hydrogens (tertiary/aromatic N) is 1. The smallest absolute Gasteiger partial charge is 0.260 e. The van der Waals surface area contributed by atoms with Crippen LogP contribution in [0.5, 0.6) is 0 Å². The Kier molecular flexibility index (Phi) is 4.28. The van der Waals surface area contributed by atoms with Crippen molar-refractivity contribution in [2.45, 2.75) is 32.4 Å². The van der Waals surface area contributed by atoms with Gasteiger partial charge in [0.2, 0.25) is 0 Å². The zero-order valence-electron chi connectivity index (χ0n) is 13.5. The lowest BCUT2D eigenvalue weighted by molar-refractivity contribution is -0.908. The maximum atomic E-state index is 12.5. The van der Waals surface area contributed by atoms with Gasteiger partial charge in [-0.05, 0) is 37.0 Å². The molecule has 0 radical (unpaired) electrons. The fourth-order valence-electron chi connectivity index (χ4n) is 3.43. The maximum Gasteiger partial charge on any atom is 0.260 e. The lowest BCUT2D eigenvalue weighted by Crippen LogP contribution is -3.06. The molecule has 0 saturated heterocycles. The van der Waals surface area contributed by atoms with Crippen LogP contribution in [0, 0.1) is 0 Å². The van der Waals surface area contributed by atoms with Crippen molar-refractivity contribution in [2.75, 3.05) is 7.05 Å². The number of halogens is 1. The van der Waals surface area contributed by atoms with Crippen LogP contribution in [0.15, 0.2) is 33.5 Å². The van der Waals surface area contributed by atoms with Gasteiger partial charge in [0.25, 0.3) is 5.56 Å². The van der Waals surface area contributed by atoms with E-state index in [1.165, 1.54) is 27.3 Å². The van der Waals surface area contributed by atoms with Gasteiger partial charge in [0, 0.05) is 14.9 Å². The number of hydrogen-bond acceptors (Lipinski definition) is 3. The largest absolute Gasteiger partial charge is 0.327 e. The lowest BCUT2D eigenvalue weighted by atomic mass is 10.2. The van der Waals surface area contributed by atoms with Gasteiger partial charge in [0.05, 0.1) is 12.4 Å². The van der Waals surface area contributed by atoms with E-state index < -0.39 is 0 Å². The van der Waals surface area contributed by atoms with Crippen molar-refractivity contribution >= 4 is 37.5 Å². The highest BCUT2D eigenvalue weighted by Crippen LogP contribution is 2.34. The van der Waals surface area contributed by atoms with Gasteiger partial charge in [-0.3, -0.25) is 4.79 Å². The molecule has 3 aromatic rings. The zero-order chi connectivity index (χ0) is 16.7. The average Bonchev–Trinajstić information content (AvgIpc) is 3.09. The molecule has 0 saturated carbocycles. The summed E-state index contributed by atoms with van der Waals surface area (Å²) in [6.07, 6.45) is 3.28. The molecule has 1 atom stereocenters. The van der Waals surface area contributed by atoms with Gasteiger partial charge in [0.1, 0.15) is 17.9 Å². The molecule has 1 aliphatic carbocycles. The summed E-state index contributed by atoms with van der Waals surface area (Å²) < 4.78 is 1.09. The molecule has 0 bridgehead atoms. The number of nitrogens with one attached hydrogen (secondary N) is 2. The number of aromatic nitrogens is 2. The van der Waals surface area contributed by atoms with E-state index in [4.69, 9.17) is 4.98 Å². The predicted molar refractivity (Wildman–Crippen MR) is 101 cm³/mol. The van der Waals surface area contributed by atoms with Crippen LogP contribution in [-0.2, 0) is 25.9 Å². The van der Waals surface area contributed by atoms with Gasteiger partial charge >= 0.3 is 0 Å². The van der Waals surface area contributed by atoms with Gasteiger partial charge in [-0.15, -0.1) is 11.3 Å². The summed E-state index contributed by atoms with van der Waals surface area (Å²) in [6.45, 7) is 1.61. The molecule has 1 unspecified atom stereocenters. The zero-order valence-corrected chi connectivity index (χ0v) is 15.9. The number of thiophene rings is 1. The SMILES string of the molecule is C[NH+](Cc1ccc(Br)cc1)Cc1nc2sc3c(c2c(=O)[nH]1)CCC3. The van der Waals surface area contributed by atoms with E-state index in [1.54, 1.807) is 11.3 Å². The molecule has 2 aromatic heterocycles. The van der Waals surface area contributed by atoms with Crippen molar-refractivity contribution in [3.8, 4) is 0 Å². The number of aromatic amines is 1. The Morgan fingerprint density at radius 2 is 2.04 bits per heavy atom. The summed E-state index contributed by atoms with van der Waals surface area (Å²) >= 11 is 5.16. The van der Waals surface area contributed by atoms with Gasteiger partial charge in [-0.1, -0.05) is 28.1 Å². The highest BCUT2D eigenvalue weighted by molar-refractivity contribution is 9.10. The van der Waals surface area contributed by atoms with Crippen molar-refractivity contribution in [2.24, 2.45) is 0 Å². The third kappa shape index (κ3) is 3.06. The van der Waals surface area contributed by atoms with Gasteiger partial charge in [0.15, 0.2) is 5.82 Å². The summed E-state index contributed by atoms with van der Waals surface area (Å²) in [5.74, 6) is 0.780. The molecule has 6 heteroatoms. The summed E-state index contributed by atoms with van der Waals surface area (Å²) in [6, 6.07) is 8.36. The number of H-pyrrole nitrogens is 1. The van der Waals surface area contributed by atoms with E-state index in [0.717, 1.165) is 39.9 Å². The van der Waals surface area contributed by atoms with Crippen molar-refractivity contribution in [1.82, 2.24) is 9.97 Å². The first kappa shape index (κ1) is 16.0. The average molecular weight is 405 g/mol. The molecule has 1 aromatic carbocycles. The van der Waals surface area contributed by atoms with E-state index in [-0.39, 0.29) is 5.56 Å². The van der Waals surface area contributed by atoms with E-state index in [0.29, 0.717) is 6.54 Å². The van der Waals surface area contributed by atoms with Crippen LogP contribution in [0.2, 0.25) is 0 Å². The minimum Gasteiger partial charge on any atom is -0.327 e. The molecule has 0 aliphatic heterocycles. The van der Waals surface area contributed by atoms with Crippen molar-refractivity contribution < 1.29 is 4.90 Å². The molecular formula is C18H19BrN3OS+. The Bertz CT molecular complexity index is 945. The van der Waals surface area contributed by atoms with Crippen LogP contribution < -0.4 is 10.5 Å². The van der Waals surface area contributed by atoms with Gasteiger partial charge in [-0.25, -0.2) is 4.98 Å². The predicted octanol–water partition coefficient (Wildman–Crippen LogP) is 2.45. The number of hydrogen-bond donors (Lipinski definition) is 2. The molecule has 24 heavy (non-hydrogen) atoms. The first-order valence-corrected chi connectivity index (χ1v) is 9.80. The van der Waals surface area contributed by atoms with Crippen LogP contribution in [0.3, 0.4) is 0 Å². The number of aryl methyl sites for hydroxylation is 2. The number of benzene rings is 1. The van der Waals surface area contributed by atoms with Crippen LogP contribution >= 0.6 is 27.3 Å². The maximum absolute atomic E-state index is 12.5. The third-order valence-electron chi connectivity index (χ3n) is 4.51. The second-order valence-electron chi connectivity index (χ2n) is 6.49. The molecule has 0 amide bonds. The molecule has 2 heterocycles. The first-order chi connectivity index (χ1) is 11.6. The Morgan fingerprint density at radius 3 is 2.83 bits per heavy atom. The minimum absolute atomic E-state index is 0.0332. The molecule has 0 fully saturated rings. The van der Waals surface area contributed by atoms with E-state index in [1.807, 2.05) is 0 Å². The standard InChI is InChI=1S/C18H18BrN3OS/c1-22(9-11-5-7-12(19)8-6-11)10-15-20-17(23)16-13-3-2-4-14(13)24-18(16)21-15/h5-8H,2-4,9-10H2,1H3,(H,20,21,23)/p+1. The van der Waals surface area contributed by atoms with Crippen LogP contribution in [-0.4, -0.2) is 17.0 Å². The topological polar surface area (TPSA) is 50.2 Å². The van der Waals surface area contributed by atoms with Crippen LogP contribution in [0.25, 0.3) is 10.2 Å². The monoisotopic (exact) mass is 404 g/mol. The molecule has 0 spiro atoms. The molecule has 2 N–H and O–H groups in total. The van der Waals surface area contributed by atoms with Crippen LogP contribution in [0.1, 0.15) is 28.2 Å². The number of fused-ring (bicyclic) bond motifs is 3. The summed E-state index contributed by atoms with van der Waals surface area (Å²) in [4.78, 5) is 23.8. The number of rotatable bonds is 4. The third-order valence-corrected chi connectivity index (χ3v) is 6.23. The summed E-state index contributed by atoms with van der Waals surface area (Å²) in [5.41, 5.74) is 2.55. The van der Waals surface area contributed by atoms with Crippen molar-refractivity contribution in [1.29, 1.82) is 0 Å². The second-order valence-corrected chi connectivity index (χ2v) is 8.49. The van der Waals surface area contributed by atoms with Crippen molar-refractivity contribution in [3.05, 3.63) is 60.9 Å². The van der Waals surface area contributed by atoms with Gasteiger partial charge in [-0.2, -0.15) is 0 Å². The van der Waals surface area contributed by atoms with Crippen LogP contribution in [0.4, 0.5) is 0 Å². The normalized spacial score (nSPS) is 14.9. The van der Waals surface area contributed by atoms with E-state index in [9.17, 15) is 4.79 Å². The van der Waals surface area contributed by atoms with E-state index in [2.05, 4.69) is 52.2 Å².